The van der Waals surface area contributed by atoms with E-state index in [0.29, 0.717) is 10.6 Å². The van der Waals surface area contributed by atoms with Crippen LogP contribution in [0.15, 0.2) is 35.2 Å². The molecular weight excluding hydrogens is 455 g/mol. The maximum atomic E-state index is 14.8. The average molecular weight is 485 g/mol. The lowest BCUT2D eigenvalue weighted by Crippen LogP contribution is -2.47. The van der Waals surface area contributed by atoms with Gasteiger partial charge in [0.15, 0.2) is 0 Å². The molecule has 0 aliphatic heterocycles. The van der Waals surface area contributed by atoms with Gasteiger partial charge in [-0.3, -0.25) is 4.79 Å². The van der Waals surface area contributed by atoms with Gasteiger partial charge < -0.3 is 10.1 Å². The summed E-state index contributed by atoms with van der Waals surface area (Å²) in [5.74, 6) is -2.16. The highest BCUT2D eigenvalue weighted by atomic mass is 35.5. The summed E-state index contributed by atoms with van der Waals surface area (Å²) >= 11 is 5.98. The van der Waals surface area contributed by atoms with Gasteiger partial charge in [-0.15, -0.1) is 0 Å². The fourth-order valence-corrected chi connectivity index (χ4v) is 5.04. The predicted octanol–water partition coefficient (Wildman–Crippen LogP) is 4.93. The Balaban J connectivity index is 2.58. The molecule has 0 aliphatic rings. The van der Waals surface area contributed by atoms with E-state index in [9.17, 15) is 17.6 Å². The largest absolute Gasteiger partial charge is 0.459 e. The smallest absolute Gasteiger partial charge is 0.325 e. The van der Waals surface area contributed by atoms with Crippen molar-refractivity contribution in [1.29, 1.82) is 0 Å². The van der Waals surface area contributed by atoms with Gasteiger partial charge in [-0.2, -0.15) is 4.72 Å². The van der Waals surface area contributed by atoms with Crippen LogP contribution in [0.25, 0.3) is 0 Å². The summed E-state index contributed by atoms with van der Waals surface area (Å²) in [6.45, 7) is 10.2. The molecule has 0 amide bonds. The topological polar surface area (TPSA) is 84.5 Å². The van der Waals surface area contributed by atoms with Crippen molar-refractivity contribution < 1.29 is 22.3 Å². The average Bonchev–Trinajstić information content (AvgIpc) is 2.67. The third-order valence-electron chi connectivity index (χ3n) is 5.13. The van der Waals surface area contributed by atoms with Gasteiger partial charge in [0.1, 0.15) is 22.4 Å². The van der Waals surface area contributed by atoms with E-state index in [4.69, 9.17) is 16.3 Å². The Bertz CT molecular complexity index is 1110. The Morgan fingerprint density at radius 2 is 1.78 bits per heavy atom. The second-order valence-electron chi connectivity index (χ2n) is 8.71. The molecule has 0 saturated heterocycles. The number of sulfonamides is 1. The lowest BCUT2D eigenvalue weighted by atomic mass is 9.88. The molecule has 176 valence electrons. The molecule has 0 bridgehead atoms. The van der Waals surface area contributed by atoms with Gasteiger partial charge in [0.2, 0.25) is 10.0 Å². The number of hydrogen-bond acceptors (Lipinski definition) is 5. The predicted molar refractivity (Wildman–Crippen MR) is 125 cm³/mol. The number of hydrogen-bond donors (Lipinski definition) is 2. The minimum Gasteiger partial charge on any atom is -0.459 e. The van der Waals surface area contributed by atoms with Crippen LogP contribution in [0, 0.1) is 19.7 Å². The number of aryl methyl sites for hydroxylation is 1. The Labute approximate surface area is 194 Å². The minimum atomic E-state index is -4.20. The molecule has 2 atom stereocenters. The van der Waals surface area contributed by atoms with Crippen LogP contribution < -0.4 is 10.0 Å². The van der Waals surface area contributed by atoms with Gasteiger partial charge in [-0.05, 0) is 75.6 Å². The van der Waals surface area contributed by atoms with E-state index in [1.807, 2.05) is 6.92 Å². The van der Waals surface area contributed by atoms with Crippen molar-refractivity contribution in [2.75, 3.05) is 12.4 Å². The molecule has 0 heterocycles. The van der Waals surface area contributed by atoms with Crippen molar-refractivity contribution in [2.45, 2.75) is 64.0 Å². The summed E-state index contributed by atoms with van der Waals surface area (Å²) in [6.07, 6.45) is 0. The lowest BCUT2D eigenvalue weighted by Gasteiger charge is -2.29. The van der Waals surface area contributed by atoms with E-state index in [1.54, 1.807) is 47.7 Å². The van der Waals surface area contributed by atoms with Crippen molar-refractivity contribution in [2.24, 2.45) is 0 Å². The third kappa shape index (κ3) is 5.99. The monoisotopic (exact) mass is 484 g/mol. The van der Waals surface area contributed by atoms with Crippen molar-refractivity contribution in [1.82, 2.24) is 4.72 Å². The van der Waals surface area contributed by atoms with Crippen LogP contribution in [-0.2, 0) is 19.6 Å². The first-order valence-electron chi connectivity index (χ1n) is 10.2. The van der Waals surface area contributed by atoms with Crippen LogP contribution >= 0.6 is 11.6 Å². The number of esters is 1. The molecule has 2 aromatic carbocycles. The summed E-state index contributed by atoms with van der Waals surface area (Å²) in [5.41, 5.74) is 1.13. The number of anilines is 1. The van der Waals surface area contributed by atoms with E-state index in [0.717, 1.165) is 5.56 Å². The quantitative estimate of drug-likeness (QED) is 0.544. The van der Waals surface area contributed by atoms with Crippen LogP contribution in [-0.4, -0.2) is 33.1 Å². The van der Waals surface area contributed by atoms with E-state index in [1.165, 1.54) is 24.3 Å². The van der Waals surface area contributed by atoms with Gasteiger partial charge in [-0.1, -0.05) is 24.6 Å². The highest BCUT2D eigenvalue weighted by molar-refractivity contribution is 7.89. The number of rotatable bonds is 7. The fourth-order valence-electron chi connectivity index (χ4n) is 3.41. The number of nitrogens with one attached hydrogen (secondary N) is 2. The summed E-state index contributed by atoms with van der Waals surface area (Å²) in [7, 11) is -2.64. The molecule has 2 N–H and O–H groups in total. The summed E-state index contributed by atoms with van der Waals surface area (Å²) in [4.78, 5) is 13.0. The Kier molecular flexibility index (Phi) is 7.96. The van der Waals surface area contributed by atoms with Gasteiger partial charge in [0.05, 0.1) is 5.69 Å². The molecule has 9 heteroatoms. The summed E-state index contributed by atoms with van der Waals surface area (Å²) < 4.78 is 49.3. The maximum absolute atomic E-state index is 14.8. The Morgan fingerprint density at radius 3 is 2.34 bits per heavy atom. The highest BCUT2D eigenvalue weighted by Gasteiger charge is 2.37. The van der Waals surface area contributed by atoms with E-state index in [-0.39, 0.29) is 16.1 Å². The summed E-state index contributed by atoms with van der Waals surface area (Å²) in [5, 5.41) is 3.14. The highest BCUT2D eigenvalue weighted by Crippen LogP contribution is 2.31. The molecule has 6 nitrogen and oxygen atoms in total. The molecule has 0 radical (unpaired) electrons. The molecule has 2 rings (SSSR count). The lowest BCUT2D eigenvalue weighted by molar-refractivity contribution is -0.157. The molecule has 0 aromatic heterocycles. The van der Waals surface area contributed by atoms with Crippen molar-refractivity contribution in [3.8, 4) is 0 Å². The van der Waals surface area contributed by atoms with Gasteiger partial charge in [0, 0.05) is 18.0 Å². The summed E-state index contributed by atoms with van der Waals surface area (Å²) in [6, 6.07) is 5.83. The zero-order valence-electron chi connectivity index (χ0n) is 19.3. The van der Waals surface area contributed by atoms with Crippen molar-refractivity contribution in [3.63, 3.8) is 0 Å². The molecular formula is C23H30ClFN2O4S. The van der Waals surface area contributed by atoms with E-state index < -0.39 is 39.4 Å². The van der Waals surface area contributed by atoms with Crippen molar-refractivity contribution >= 4 is 33.3 Å². The van der Waals surface area contributed by atoms with Crippen LogP contribution in [0.3, 0.4) is 0 Å². The fraction of sp³-hybridized carbons (Fsp3) is 0.435. The molecule has 2 aromatic rings. The zero-order valence-corrected chi connectivity index (χ0v) is 20.9. The van der Waals surface area contributed by atoms with Crippen LogP contribution in [0.2, 0.25) is 5.02 Å². The molecule has 32 heavy (non-hydrogen) atoms. The SMILES string of the molecule is CNc1cc(Cl)ccc1S(=O)(=O)N[C@H](C(=O)OC(C)(C)C)C(C)c1c(F)ccc(C)c1C. The number of carbonyl (C=O) groups is 1. The van der Waals surface area contributed by atoms with E-state index in [2.05, 4.69) is 10.0 Å². The molecule has 0 spiro atoms. The maximum Gasteiger partial charge on any atom is 0.325 e. The number of carbonyl (C=O) groups excluding carboxylic acids is 1. The molecule has 1 unspecified atom stereocenters. The Morgan fingerprint density at radius 1 is 1.16 bits per heavy atom. The third-order valence-corrected chi connectivity index (χ3v) is 6.87. The van der Waals surface area contributed by atoms with Gasteiger partial charge >= 0.3 is 5.97 Å². The second kappa shape index (κ2) is 9.77. The van der Waals surface area contributed by atoms with Gasteiger partial charge in [-0.25, -0.2) is 12.8 Å². The van der Waals surface area contributed by atoms with Crippen LogP contribution in [0.4, 0.5) is 10.1 Å². The molecule has 0 fully saturated rings. The molecule has 0 aliphatic carbocycles. The first kappa shape index (κ1) is 26.1. The zero-order chi connectivity index (χ0) is 24.4. The Hall–Kier alpha value is -2.16. The standard InChI is InChI=1S/C23H30ClFN2O4S/c1-13-8-10-17(25)20(14(13)2)15(3)21(22(28)31-23(4,5)6)27-32(29,30)19-11-9-16(24)12-18(19)26-7/h8-12,15,21,26-27H,1-7H3/t15?,21-/m0/s1. The van der Waals surface area contributed by atoms with E-state index >= 15 is 0 Å². The van der Waals surface area contributed by atoms with Crippen LogP contribution in [0.1, 0.15) is 50.3 Å². The number of benzene rings is 2. The first-order valence-corrected chi connectivity index (χ1v) is 12.0. The van der Waals surface area contributed by atoms with Gasteiger partial charge in [0.25, 0.3) is 0 Å². The van der Waals surface area contributed by atoms with Crippen molar-refractivity contribution in [3.05, 3.63) is 57.9 Å². The normalized spacial score (nSPS) is 14.0. The number of halogens is 2. The molecule has 0 saturated carbocycles. The first-order chi connectivity index (χ1) is 14.7. The van der Waals surface area contributed by atoms with Crippen LogP contribution in [0.5, 0.6) is 0 Å². The number of ether oxygens (including phenoxy) is 1. The minimum absolute atomic E-state index is 0.0911. The second-order valence-corrected chi connectivity index (χ2v) is 10.8.